The Bertz CT molecular complexity index is 624. The van der Waals surface area contributed by atoms with Crippen LogP contribution in [-0.2, 0) is 4.74 Å². The van der Waals surface area contributed by atoms with E-state index >= 15 is 0 Å². The Hall–Kier alpha value is -1.50. The van der Waals surface area contributed by atoms with Crippen molar-refractivity contribution in [2.24, 2.45) is 4.99 Å². The summed E-state index contributed by atoms with van der Waals surface area (Å²) in [5.41, 5.74) is 0. The van der Waals surface area contributed by atoms with Crippen molar-refractivity contribution in [3.05, 3.63) is 0 Å². The van der Waals surface area contributed by atoms with Crippen LogP contribution < -0.4 is 5.32 Å². The van der Waals surface area contributed by atoms with Crippen molar-refractivity contribution in [1.82, 2.24) is 20.0 Å². The van der Waals surface area contributed by atoms with Gasteiger partial charge in [-0.3, -0.25) is 19.8 Å². The minimum Gasteiger partial charge on any atom is -0.376 e. The molecular weight excluding hydrogens is 460 g/mol. The van der Waals surface area contributed by atoms with Gasteiger partial charge in [0.1, 0.15) is 0 Å². The quantitative estimate of drug-likeness (QED) is 0.141. The maximum absolute atomic E-state index is 6.08. The average Bonchev–Trinajstić information content (AvgIpc) is 2.70. The van der Waals surface area contributed by atoms with Gasteiger partial charge in [0.05, 0.1) is 50.5 Å². The van der Waals surface area contributed by atoms with Gasteiger partial charge < -0.3 is 14.5 Å². The number of guanidine groups is 2. The van der Waals surface area contributed by atoms with E-state index in [1.54, 1.807) is 0 Å². The Balaban J connectivity index is 5.49. The minimum atomic E-state index is 0.382. The molecule has 7 nitrogen and oxygen atoms in total. The fourth-order valence-electron chi connectivity index (χ4n) is 5.45. The summed E-state index contributed by atoms with van der Waals surface area (Å²) in [7, 11) is 0. The van der Waals surface area contributed by atoms with Gasteiger partial charge in [-0.05, 0) is 111 Å². The fraction of sp³-hybridized carbons (Fsp3) is 0.933. The van der Waals surface area contributed by atoms with Crippen molar-refractivity contribution in [3.8, 4) is 0 Å². The summed E-state index contributed by atoms with van der Waals surface area (Å²) >= 11 is 0. The lowest BCUT2D eigenvalue weighted by Gasteiger charge is -2.43. The first-order chi connectivity index (χ1) is 17.1. The number of nitrogens with zero attached hydrogens (tertiary/aromatic N) is 5. The van der Waals surface area contributed by atoms with Gasteiger partial charge in [-0.1, -0.05) is 0 Å². The third-order valence-corrected chi connectivity index (χ3v) is 6.42. The lowest BCUT2D eigenvalue weighted by atomic mass is 10.2. The van der Waals surface area contributed by atoms with E-state index in [9.17, 15) is 0 Å². The number of hydrogen-bond acceptors (Lipinski definition) is 2. The molecule has 220 valence electrons. The standard InChI is InChI=1S/C30H64N6O/c1-21(2)33(22(3)4)29(34(23(5)6)24(7)8)31-17-19-37-20-18-32-30(35(25(9)10)26(11)12)36(27(13)14)28(15)16/h21-28H,17-20H2,1-16H3/p+1. The van der Waals surface area contributed by atoms with Gasteiger partial charge in [-0.15, -0.1) is 0 Å². The lowest BCUT2D eigenvalue weighted by molar-refractivity contribution is -0.594. The molecule has 0 aliphatic rings. The summed E-state index contributed by atoms with van der Waals surface area (Å²) in [5.74, 6) is 2.29. The molecule has 0 saturated heterocycles. The first-order valence-electron chi connectivity index (χ1n) is 14.9. The number of aliphatic imine (C=N–C) groups is 1. The van der Waals surface area contributed by atoms with Gasteiger partial charge in [-0.25, -0.2) is 0 Å². The summed E-state index contributed by atoms with van der Waals surface area (Å²) in [4.78, 5) is 12.4. The molecule has 0 spiro atoms. The molecule has 0 amide bonds. The molecule has 0 aliphatic heterocycles. The van der Waals surface area contributed by atoms with E-state index in [-0.39, 0.29) is 0 Å². The Morgan fingerprint density at radius 2 is 0.973 bits per heavy atom. The molecule has 0 heterocycles. The van der Waals surface area contributed by atoms with E-state index in [1.807, 2.05) is 0 Å². The Kier molecular flexibility index (Phi) is 16.5. The molecule has 1 N–H and O–H groups in total. The molecule has 0 fully saturated rings. The van der Waals surface area contributed by atoms with Crippen LogP contribution in [0.2, 0.25) is 0 Å². The monoisotopic (exact) mass is 526 g/mol. The van der Waals surface area contributed by atoms with Crippen molar-refractivity contribution in [2.45, 2.75) is 159 Å². The van der Waals surface area contributed by atoms with E-state index in [2.05, 4.69) is 135 Å². The number of ether oxygens (including phenoxy) is 1. The molecule has 0 aromatic heterocycles. The maximum atomic E-state index is 6.08. The van der Waals surface area contributed by atoms with Crippen molar-refractivity contribution in [3.63, 3.8) is 0 Å². The van der Waals surface area contributed by atoms with Crippen LogP contribution in [0.5, 0.6) is 0 Å². The molecule has 37 heavy (non-hydrogen) atoms. The van der Waals surface area contributed by atoms with E-state index < -0.39 is 0 Å². The van der Waals surface area contributed by atoms with Gasteiger partial charge in [0.15, 0.2) is 5.96 Å². The first-order valence-corrected chi connectivity index (χ1v) is 14.9. The summed E-state index contributed by atoms with van der Waals surface area (Å²) in [5, 5.41) is 3.73. The maximum Gasteiger partial charge on any atom is 0.349 e. The van der Waals surface area contributed by atoms with Crippen molar-refractivity contribution >= 4 is 11.9 Å². The van der Waals surface area contributed by atoms with Crippen molar-refractivity contribution in [2.75, 3.05) is 26.3 Å². The molecule has 0 aromatic rings. The Morgan fingerprint density at radius 3 is 1.30 bits per heavy atom. The minimum absolute atomic E-state index is 0.382. The van der Waals surface area contributed by atoms with Crippen molar-refractivity contribution in [1.29, 1.82) is 0 Å². The van der Waals surface area contributed by atoms with E-state index in [0.29, 0.717) is 68.1 Å². The molecule has 0 unspecified atom stereocenters. The first kappa shape index (κ1) is 35.5. The average molecular weight is 526 g/mol. The molecule has 0 saturated carbocycles. The smallest absolute Gasteiger partial charge is 0.349 e. The molecule has 0 bridgehead atoms. The van der Waals surface area contributed by atoms with Crippen LogP contribution in [0, 0.1) is 0 Å². The number of nitrogens with one attached hydrogen (secondary N) is 1. The lowest BCUT2D eigenvalue weighted by Crippen LogP contribution is -2.56. The van der Waals surface area contributed by atoms with Crippen LogP contribution in [0.15, 0.2) is 4.99 Å². The highest BCUT2D eigenvalue weighted by molar-refractivity contribution is 5.81. The molecule has 0 radical (unpaired) electrons. The van der Waals surface area contributed by atoms with Crippen LogP contribution in [0.25, 0.3) is 0 Å². The summed E-state index contributed by atoms with van der Waals surface area (Å²) in [6.45, 7) is 38.8. The SMILES string of the molecule is CC(C)N(C(=NCCOCCNC(N(C(C)C)C(C)C)=[N+](C(C)C)C(C)C)N(C(C)C)C(C)C)C(C)C. The second-order valence-corrected chi connectivity index (χ2v) is 12.4. The molecular formula is C30H65N6O+. The highest BCUT2D eigenvalue weighted by atomic mass is 16.5. The predicted octanol–water partition coefficient (Wildman–Crippen LogP) is 5.49. The van der Waals surface area contributed by atoms with Crippen LogP contribution in [0.1, 0.15) is 111 Å². The Labute approximate surface area is 231 Å². The van der Waals surface area contributed by atoms with Gasteiger partial charge in [0, 0.05) is 24.2 Å². The zero-order valence-electron chi connectivity index (χ0n) is 27.6. The Morgan fingerprint density at radius 1 is 0.595 bits per heavy atom. The molecule has 0 aliphatic carbocycles. The highest BCUT2D eigenvalue weighted by Crippen LogP contribution is 2.16. The van der Waals surface area contributed by atoms with Gasteiger partial charge in [0.25, 0.3) is 0 Å². The van der Waals surface area contributed by atoms with Gasteiger partial charge >= 0.3 is 5.96 Å². The number of hydrogen-bond donors (Lipinski definition) is 1. The molecule has 7 heteroatoms. The van der Waals surface area contributed by atoms with Crippen LogP contribution in [0.3, 0.4) is 0 Å². The molecule has 0 aromatic carbocycles. The molecule has 0 atom stereocenters. The van der Waals surface area contributed by atoms with Crippen LogP contribution >= 0.6 is 0 Å². The molecule has 0 rings (SSSR count). The summed E-state index contributed by atoms with van der Waals surface area (Å²) in [6.07, 6.45) is 0. The van der Waals surface area contributed by atoms with E-state index in [0.717, 1.165) is 12.5 Å². The van der Waals surface area contributed by atoms with E-state index in [1.165, 1.54) is 5.96 Å². The third-order valence-electron chi connectivity index (χ3n) is 6.42. The second-order valence-electron chi connectivity index (χ2n) is 12.4. The highest BCUT2D eigenvalue weighted by Gasteiger charge is 2.30. The fourth-order valence-corrected chi connectivity index (χ4v) is 5.45. The topological polar surface area (TPSA) is 46.4 Å². The predicted molar refractivity (Wildman–Crippen MR) is 163 cm³/mol. The zero-order chi connectivity index (χ0) is 29.0. The third kappa shape index (κ3) is 11.4. The van der Waals surface area contributed by atoms with Gasteiger partial charge in [0.2, 0.25) is 0 Å². The largest absolute Gasteiger partial charge is 0.376 e. The normalized spacial score (nSPS) is 12.1. The van der Waals surface area contributed by atoms with Crippen LogP contribution in [-0.4, -0.2) is 106 Å². The second kappa shape index (κ2) is 17.2. The van der Waals surface area contributed by atoms with E-state index in [4.69, 9.17) is 9.73 Å². The van der Waals surface area contributed by atoms with Crippen molar-refractivity contribution < 1.29 is 9.31 Å². The number of rotatable bonds is 14. The zero-order valence-corrected chi connectivity index (χ0v) is 27.6. The summed E-state index contributed by atoms with van der Waals surface area (Å²) < 4.78 is 8.56. The van der Waals surface area contributed by atoms with Crippen LogP contribution in [0.4, 0.5) is 0 Å². The summed E-state index contributed by atoms with van der Waals surface area (Å²) in [6, 6.07) is 3.16. The van der Waals surface area contributed by atoms with Gasteiger partial charge in [-0.2, -0.15) is 0 Å².